The van der Waals surface area contributed by atoms with Crippen LogP contribution in [0, 0.1) is 17.8 Å². The molecule has 0 bridgehead atoms. The zero-order valence-electron chi connectivity index (χ0n) is 9.64. The molecule has 5 unspecified atom stereocenters. The van der Waals surface area contributed by atoms with E-state index < -0.39 is 12.2 Å². The monoisotopic (exact) mass is 204 g/mol. The van der Waals surface area contributed by atoms with Crippen molar-refractivity contribution < 1.29 is 15.3 Å². The van der Waals surface area contributed by atoms with Crippen molar-refractivity contribution in [2.24, 2.45) is 17.8 Å². The van der Waals surface area contributed by atoms with Gasteiger partial charge in [0.05, 0.1) is 12.2 Å². The highest BCUT2D eigenvalue weighted by atomic mass is 16.3. The molecule has 0 rings (SSSR count). The van der Waals surface area contributed by atoms with Crippen LogP contribution in [0.2, 0.25) is 0 Å². The molecule has 0 saturated carbocycles. The van der Waals surface area contributed by atoms with Crippen LogP contribution in [0.1, 0.15) is 34.1 Å². The summed E-state index contributed by atoms with van der Waals surface area (Å²) in [5, 5.41) is 28.5. The Morgan fingerprint density at radius 2 is 1.43 bits per heavy atom. The van der Waals surface area contributed by atoms with Gasteiger partial charge < -0.3 is 15.3 Å². The fourth-order valence-electron chi connectivity index (χ4n) is 1.39. The summed E-state index contributed by atoms with van der Waals surface area (Å²) < 4.78 is 0. The minimum atomic E-state index is -0.743. The van der Waals surface area contributed by atoms with Gasteiger partial charge in [-0.2, -0.15) is 0 Å². The second kappa shape index (κ2) is 6.38. The van der Waals surface area contributed by atoms with Crippen molar-refractivity contribution in [1.29, 1.82) is 0 Å². The second-order valence-corrected chi connectivity index (χ2v) is 4.39. The van der Waals surface area contributed by atoms with Crippen molar-refractivity contribution in [2.75, 3.05) is 6.61 Å². The average Bonchev–Trinajstić information content (AvgIpc) is 2.23. The normalized spacial score (nSPS) is 22.5. The van der Waals surface area contributed by atoms with Crippen LogP contribution >= 0.6 is 0 Å². The maximum atomic E-state index is 9.83. The summed E-state index contributed by atoms with van der Waals surface area (Å²) >= 11 is 0. The molecule has 0 aliphatic carbocycles. The lowest BCUT2D eigenvalue weighted by Gasteiger charge is -2.30. The van der Waals surface area contributed by atoms with Crippen LogP contribution in [0.3, 0.4) is 0 Å². The molecular weight excluding hydrogens is 180 g/mol. The third-order valence-electron chi connectivity index (χ3n) is 3.30. The topological polar surface area (TPSA) is 60.7 Å². The summed E-state index contributed by atoms with van der Waals surface area (Å²) in [6.07, 6.45) is -0.588. The molecule has 0 aliphatic heterocycles. The van der Waals surface area contributed by atoms with E-state index in [-0.39, 0.29) is 24.4 Å². The molecule has 0 aliphatic rings. The standard InChI is InChI=1S/C11H24O3/c1-5-7(2)10(13)11(14)9(4)8(3)6-12/h7-14H,5-6H2,1-4H3. The van der Waals surface area contributed by atoms with Gasteiger partial charge in [0.1, 0.15) is 0 Å². The maximum Gasteiger partial charge on any atom is 0.0830 e. The Hall–Kier alpha value is -0.120. The molecule has 5 atom stereocenters. The lowest BCUT2D eigenvalue weighted by Crippen LogP contribution is -2.39. The Kier molecular flexibility index (Phi) is 6.33. The zero-order chi connectivity index (χ0) is 11.3. The lowest BCUT2D eigenvalue weighted by molar-refractivity contribution is -0.0568. The van der Waals surface area contributed by atoms with E-state index in [9.17, 15) is 10.2 Å². The molecule has 0 heterocycles. The predicted octanol–water partition coefficient (Wildman–Crippen LogP) is 1.02. The van der Waals surface area contributed by atoms with E-state index in [0.717, 1.165) is 6.42 Å². The first-order valence-electron chi connectivity index (χ1n) is 5.42. The fourth-order valence-corrected chi connectivity index (χ4v) is 1.39. The van der Waals surface area contributed by atoms with Crippen LogP contribution in [-0.2, 0) is 0 Å². The molecule has 0 aromatic carbocycles. The Labute approximate surface area is 86.8 Å². The van der Waals surface area contributed by atoms with Crippen molar-refractivity contribution >= 4 is 0 Å². The maximum absolute atomic E-state index is 9.83. The summed E-state index contributed by atoms with van der Waals surface area (Å²) in [5.74, 6) is 0.0334. The Morgan fingerprint density at radius 1 is 0.929 bits per heavy atom. The van der Waals surface area contributed by atoms with Gasteiger partial charge in [0, 0.05) is 6.61 Å². The molecule has 0 radical (unpaired) electrons. The van der Waals surface area contributed by atoms with Gasteiger partial charge in [0.2, 0.25) is 0 Å². The van der Waals surface area contributed by atoms with Gasteiger partial charge in [0.15, 0.2) is 0 Å². The molecule has 0 spiro atoms. The van der Waals surface area contributed by atoms with E-state index in [1.807, 2.05) is 27.7 Å². The van der Waals surface area contributed by atoms with Crippen LogP contribution < -0.4 is 0 Å². The predicted molar refractivity (Wildman–Crippen MR) is 56.9 cm³/mol. The number of rotatable bonds is 6. The molecule has 3 nitrogen and oxygen atoms in total. The molecule has 3 heteroatoms. The summed E-state index contributed by atoms with van der Waals surface area (Å²) in [4.78, 5) is 0. The average molecular weight is 204 g/mol. The first-order valence-corrected chi connectivity index (χ1v) is 5.42. The van der Waals surface area contributed by atoms with Crippen LogP contribution in [0.4, 0.5) is 0 Å². The third-order valence-corrected chi connectivity index (χ3v) is 3.30. The quantitative estimate of drug-likeness (QED) is 0.605. The highest BCUT2D eigenvalue weighted by Crippen LogP contribution is 2.22. The number of hydrogen-bond donors (Lipinski definition) is 3. The van der Waals surface area contributed by atoms with Gasteiger partial charge in [-0.05, 0) is 17.8 Å². The largest absolute Gasteiger partial charge is 0.396 e. The number of aliphatic hydroxyl groups excluding tert-OH is 3. The van der Waals surface area contributed by atoms with Crippen molar-refractivity contribution in [3.63, 3.8) is 0 Å². The van der Waals surface area contributed by atoms with Gasteiger partial charge in [-0.1, -0.05) is 34.1 Å². The van der Waals surface area contributed by atoms with Gasteiger partial charge in [0.25, 0.3) is 0 Å². The first kappa shape index (κ1) is 13.9. The molecule has 0 aromatic heterocycles. The van der Waals surface area contributed by atoms with Gasteiger partial charge in [-0.15, -0.1) is 0 Å². The molecule has 0 amide bonds. The van der Waals surface area contributed by atoms with Crippen molar-refractivity contribution in [1.82, 2.24) is 0 Å². The summed E-state index contributed by atoms with van der Waals surface area (Å²) in [6.45, 7) is 7.69. The van der Waals surface area contributed by atoms with Crippen molar-refractivity contribution in [2.45, 2.75) is 46.3 Å². The summed E-state index contributed by atoms with van der Waals surface area (Å²) in [7, 11) is 0. The van der Waals surface area contributed by atoms with E-state index in [2.05, 4.69) is 0 Å². The van der Waals surface area contributed by atoms with E-state index in [0.29, 0.717) is 0 Å². The summed E-state index contributed by atoms with van der Waals surface area (Å²) in [6, 6.07) is 0. The Bertz CT molecular complexity index is 133. The third kappa shape index (κ3) is 3.56. The van der Waals surface area contributed by atoms with Gasteiger partial charge in [-0.25, -0.2) is 0 Å². The zero-order valence-corrected chi connectivity index (χ0v) is 9.64. The van der Waals surface area contributed by atoms with Crippen LogP contribution in [-0.4, -0.2) is 34.1 Å². The Balaban J connectivity index is 4.22. The lowest BCUT2D eigenvalue weighted by atomic mass is 9.84. The van der Waals surface area contributed by atoms with Crippen LogP contribution in [0.25, 0.3) is 0 Å². The SMILES string of the molecule is CCC(C)C(O)C(O)C(C)C(C)CO. The van der Waals surface area contributed by atoms with Gasteiger partial charge in [-0.3, -0.25) is 0 Å². The van der Waals surface area contributed by atoms with E-state index >= 15 is 0 Å². The van der Waals surface area contributed by atoms with Crippen LogP contribution in [0.15, 0.2) is 0 Å². The highest BCUT2D eigenvalue weighted by molar-refractivity contribution is 4.79. The molecule has 0 fully saturated rings. The second-order valence-electron chi connectivity index (χ2n) is 4.39. The molecule has 86 valence electrons. The molecule has 0 aromatic rings. The molecule has 14 heavy (non-hydrogen) atoms. The minimum Gasteiger partial charge on any atom is -0.396 e. The first-order chi connectivity index (χ1) is 6.45. The van der Waals surface area contributed by atoms with Crippen molar-refractivity contribution in [3.05, 3.63) is 0 Å². The molecular formula is C11H24O3. The molecule has 0 saturated heterocycles. The highest BCUT2D eigenvalue weighted by Gasteiger charge is 2.29. The van der Waals surface area contributed by atoms with E-state index in [4.69, 9.17) is 5.11 Å². The van der Waals surface area contributed by atoms with E-state index in [1.54, 1.807) is 0 Å². The number of hydrogen-bond acceptors (Lipinski definition) is 3. The smallest absolute Gasteiger partial charge is 0.0830 e. The minimum absolute atomic E-state index is 0.0173. The number of aliphatic hydroxyl groups is 3. The van der Waals surface area contributed by atoms with E-state index in [1.165, 1.54) is 0 Å². The van der Waals surface area contributed by atoms with Crippen LogP contribution in [0.5, 0.6) is 0 Å². The van der Waals surface area contributed by atoms with Gasteiger partial charge >= 0.3 is 0 Å². The van der Waals surface area contributed by atoms with Crippen molar-refractivity contribution in [3.8, 4) is 0 Å². The summed E-state index contributed by atoms with van der Waals surface area (Å²) in [5.41, 5.74) is 0. The Morgan fingerprint density at radius 3 is 1.79 bits per heavy atom. The fraction of sp³-hybridized carbons (Fsp3) is 1.00. The molecule has 3 N–H and O–H groups in total.